The Kier molecular flexibility index (Phi) is 7.67. The van der Waals surface area contributed by atoms with Gasteiger partial charge in [-0.15, -0.1) is 0 Å². The number of rotatable bonds is 4. The third-order valence-electron chi connectivity index (χ3n) is 5.19. The number of morpholine rings is 1. The molecule has 2 fully saturated rings. The van der Waals surface area contributed by atoms with Crippen LogP contribution in [0.25, 0.3) is 0 Å². The third-order valence-corrected chi connectivity index (χ3v) is 5.19. The number of ether oxygens (including phenoxy) is 1. The van der Waals surface area contributed by atoms with Crippen molar-refractivity contribution < 1.29 is 19.4 Å². The molecule has 8 heteroatoms. The fourth-order valence-corrected chi connectivity index (χ4v) is 3.55. The molecule has 4 atom stereocenters. The molecular weight excluding hydrogens is 336 g/mol. The Bertz CT molecular complexity index is 482. The molecule has 2 heterocycles. The highest BCUT2D eigenvalue weighted by atomic mass is 16.5. The van der Waals surface area contributed by atoms with Gasteiger partial charge in [-0.1, -0.05) is 13.8 Å². The molecule has 2 saturated heterocycles. The number of amides is 3. The second-order valence-electron chi connectivity index (χ2n) is 7.88. The van der Waals surface area contributed by atoms with Gasteiger partial charge in [-0.2, -0.15) is 0 Å². The van der Waals surface area contributed by atoms with E-state index in [1.165, 1.54) is 0 Å². The minimum Gasteiger partial charge on any atom is -0.389 e. The number of nitrogens with one attached hydrogen (secondary N) is 1. The molecule has 0 spiro atoms. The summed E-state index contributed by atoms with van der Waals surface area (Å²) in [7, 11) is 0. The van der Waals surface area contributed by atoms with Crippen molar-refractivity contribution in [2.45, 2.75) is 64.3 Å². The summed E-state index contributed by atoms with van der Waals surface area (Å²) in [6.45, 7) is 8.47. The standard InChI is InChI=1S/C18H34N4O4/c1-12(2)10-14(19)17(24)20-15-5-4-13(3)22(11-16(15)23)18(25)21-6-8-26-9-7-21/h12-16,23H,4-11,19H2,1-3H3,(H,20,24)/t13-,14+,15+,16+/m1/s1. The van der Waals surface area contributed by atoms with E-state index in [-0.39, 0.29) is 30.6 Å². The Hall–Kier alpha value is -1.38. The van der Waals surface area contributed by atoms with E-state index in [4.69, 9.17) is 10.5 Å². The van der Waals surface area contributed by atoms with Crippen LogP contribution in [0, 0.1) is 5.92 Å². The predicted octanol–water partition coefficient (Wildman–Crippen LogP) is 0.142. The molecule has 2 aliphatic heterocycles. The molecule has 0 aliphatic carbocycles. The summed E-state index contributed by atoms with van der Waals surface area (Å²) in [5, 5.41) is 13.5. The molecule has 0 radical (unpaired) electrons. The van der Waals surface area contributed by atoms with Crippen molar-refractivity contribution >= 4 is 11.9 Å². The van der Waals surface area contributed by atoms with Crippen LogP contribution >= 0.6 is 0 Å². The van der Waals surface area contributed by atoms with Crippen LogP contribution in [-0.4, -0.2) is 83.9 Å². The van der Waals surface area contributed by atoms with Crippen molar-refractivity contribution in [1.29, 1.82) is 0 Å². The highest BCUT2D eigenvalue weighted by Crippen LogP contribution is 2.20. The van der Waals surface area contributed by atoms with E-state index in [1.807, 2.05) is 20.8 Å². The van der Waals surface area contributed by atoms with Gasteiger partial charge >= 0.3 is 6.03 Å². The van der Waals surface area contributed by atoms with Gasteiger partial charge in [0.2, 0.25) is 5.91 Å². The smallest absolute Gasteiger partial charge is 0.320 e. The van der Waals surface area contributed by atoms with Crippen LogP contribution in [0.2, 0.25) is 0 Å². The number of urea groups is 1. The Labute approximate surface area is 156 Å². The number of likely N-dealkylation sites (tertiary alicyclic amines) is 1. The summed E-state index contributed by atoms with van der Waals surface area (Å²) in [6, 6.07) is -1.02. The predicted molar refractivity (Wildman–Crippen MR) is 98.6 cm³/mol. The van der Waals surface area contributed by atoms with E-state index in [1.54, 1.807) is 9.80 Å². The second-order valence-corrected chi connectivity index (χ2v) is 7.88. The molecule has 0 unspecified atom stereocenters. The molecule has 3 amide bonds. The molecule has 2 aliphatic rings. The van der Waals surface area contributed by atoms with Crippen LogP contribution in [0.15, 0.2) is 0 Å². The number of hydrogen-bond donors (Lipinski definition) is 3. The molecule has 0 aromatic rings. The minimum absolute atomic E-state index is 0.00577. The van der Waals surface area contributed by atoms with Gasteiger partial charge in [0.15, 0.2) is 0 Å². The summed E-state index contributed by atoms with van der Waals surface area (Å²) in [6.07, 6.45) is 1.14. The minimum atomic E-state index is -0.805. The number of carbonyl (C=O) groups is 2. The van der Waals surface area contributed by atoms with Crippen LogP contribution in [-0.2, 0) is 9.53 Å². The largest absolute Gasteiger partial charge is 0.389 e. The molecule has 0 aromatic carbocycles. The maximum atomic E-state index is 12.8. The molecule has 8 nitrogen and oxygen atoms in total. The summed E-state index contributed by atoms with van der Waals surface area (Å²) in [5.74, 6) is 0.0971. The van der Waals surface area contributed by atoms with Gasteiger partial charge in [0.25, 0.3) is 0 Å². The molecular formula is C18H34N4O4. The first-order valence-electron chi connectivity index (χ1n) is 9.67. The van der Waals surface area contributed by atoms with Crippen molar-refractivity contribution in [3.8, 4) is 0 Å². The molecule has 150 valence electrons. The monoisotopic (exact) mass is 370 g/mol. The van der Waals surface area contributed by atoms with E-state index < -0.39 is 12.1 Å². The first-order valence-corrected chi connectivity index (χ1v) is 9.67. The van der Waals surface area contributed by atoms with Crippen molar-refractivity contribution in [3.05, 3.63) is 0 Å². The summed E-state index contributed by atoms with van der Waals surface area (Å²) >= 11 is 0. The van der Waals surface area contributed by atoms with Gasteiger partial charge < -0.3 is 30.7 Å². The normalized spacial score (nSPS) is 28.6. The lowest BCUT2D eigenvalue weighted by molar-refractivity contribution is -0.124. The van der Waals surface area contributed by atoms with Crippen molar-refractivity contribution in [1.82, 2.24) is 15.1 Å². The lowest BCUT2D eigenvalue weighted by Crippen LogP contribution is -2.54. The molecule has 0 bridgehead atoms. The Balaban J connectivity index is 1.95. The van der Waals surface area contributed by atoms with E-state index in [2.05, 4.69) is 5.32 Å². The maximum Gasteiger partial charge on any atom is 0.320 e. The second kappa shape index (κ2) is 9.53. The maximum absolute atomic E-state index is 12.8. The van der Waals surface area contributed by atoms with Gasteiger partial charge in [0.1, 0.15) is 0 Å². The lowest BCUT2D eigenvalue weighted by atomic mass is 10.0. The number of hydrogen-bond acceptors (Lipinski definition) is 5. The summed E-state index contributed by atoms with van der Waals surface area (Å²) in [5.41, 5.74) is 5.94. The van der Waals surface area contributed by atoms with Crippen molar-refractivity contribution in [2.75, 3.05) is 32.8 Å². The summed E-state index contributed by atoms with van der Waals surface area (Å²) < 4.78 is 5.30. The van der Waals surface area contributed by atoms with Gasteiger partial charge in [0, 0.05) is 19.1 Å². The Morgan fingerprint density at radius 2 is 1.92 bits per heavy atom. The van der Waals surface area contributed by atoms with Gasteiger partial charge in [-0.25, -0.2) is 4.79 Å². The number of nitrogens with zero attached hydrogens (tertiary/aromatic N) is 2. The number of nitrogens with two attached hydrogens (primary N) is 1. The fraction of sp³-hybridized carbons (Fsp3) is 0.889. The van der Waals surface area contributed by atoms with E-state index in [0.29, 0.717) is 45.1 Å². The van der Waals surface area contributed by atoms with Crippen LogP contribution in [0.1, 0.15) is 40.0 Å². The van der Waals surface area contributed by atoms with Gasteiger partial charge in [0.05, 0.1) is 37.9 Å². The Morgan fingerprint density at radius 1 is 1.27 bits per heavy atom. The van der Waals surface area contributed by atoms with Crippen molar-refractivity contribution in [3.63, 3.8) is 0 Å². The lowest BCUT2D eigenvalue weighted by Gasteiger charge is -2.36. The van der Waals surface area contributed by atoms with Gasteiger partial charge in [-0.3, -0.25) is 4.79 Å². The zero-order valence-corrected chi connectivity index (χ0v) is 16.2. The van der Waals surface area contributed by atoms with E-state index in [9.17, 15) is 14.7 Å². The molecule has 4 N–H and O–H groups in total. The topological polar surface area (TPSA) is 108 Å². The van der Waals surface area contributed by atoms with Crippen LogP contribution < -0.4 is 11.1 Å². The number of aliphatic hydroxyl groups is 1. The molecule has 0 saturated carbocycles. The number of aliphatic hydroxyl groups excluding tert-OH is 1. The number of carbonyl (C=O) groups excluding carboxylic acids is 2. The highest BCUT2D eigenvalue weighted by Gasteiger charge is 2.35. The van der Waals surface area contributed by atoms with Gasteiger partial charge in [-0.05, 0) is 32.1 Å². The SMILES string of the molecule is CC(C)C[C@H](N)C(=O)N[C@H]1CC[C@@H](C)N(C(=O)N2CCOCC2)C[C@@H]1O. The van der Waals surface area contributed by atoms with E-state index in [0.717, 1.165) is 6.42 Å². The first-order chi connectivity index (χ1) is 12.3. The average Bonchev–Trinajstić information content (AvgIpc) is 2.74. The highest BCUT2D eigenvalue weighted by molar-refractivity contribution is 5.81. The molecule has 0 aromatic heterocycles. The average molecular weight is 370 g/mol. The van der Waals surface area contributed by atoms with Crippen LogP contribution in [0.4, 0.5) is 4.79 Å². The summed E-state index contributed by atoms with van der Waals surface area (Å²) in [4.78, 5) is 28.6. The van der Waals surface area contributed by atoms with Crippen LogP contribution in [0.5, 0.6) is 0 Å². The van der Waals surface area contributed by atoms with E-state index >= 15 is 0 Å². The zero-order chi connectivity index (χ0) is 19.3. The fourth-order valence-electron chi connectivity index (χ4n) is 3.55. The first kappa shape index (κ1) is 20.9. The number of β-amino-alcohol motifs (C(OH)–C–C–N with tert-alkyl or cyclic N) is 1. The zero-order valence-electron chi connectivity index (χ0n) is 16.2. The molecule has 26 heavy (non-hydrogen) atoms. The Morgan fingerprint density at radius 3 is 2.54 bits per heavy atom. The van der Waals surface area contributed by atoms with Crippen molar-refractivity contribution in [2.24, 2.45) is 11.7 Å². The molecule has 2 rings (SSSR count). The quantitative estimate of drug-likeness (QED) is 0.652. The van der Waals surface area contributed by atoms with Crippen LogP contribution in [0.3, 0.4) is 0 Å². The third kappa shape index (κ3) is 5.56.